The zero-order valence-corrected chi connectivity index (χ0v) is 15.1. The van der Waals surface area contributed by atoms with Crippen molar-refractivity contribution in [1.82, 2.24) is 10.4 Å². The first kappa shape index (κ1) is 17.2. The number of fused-ring (bicyclic) bond motifs is 2. The molecule has 7 heteroatoms. The van der Waals surface area contributed by atoms with Crippen LogP contribution in [-0.4, -0.2) is 28.3 Å². The predicted octanol–water partition coefficient (Wildman–Crippen LogP) is 3.19. The number of carbonyl (C=O) groups excluding carboxylic acids is 2. The lowest BCUT2D eigenvalue weighted by Crippen LogP contribution is -2.33. The summed E-state index contributed by atoms with van der Waals surface area (Å²) in [4.78, 5) is 29.6. The second-order valence-corrected chi connectivity index (χ2v) is 7.25. The molecule has 1 aliphatic rings. The van der Waals surface area contributed by atoms with E-state index in [0.29, 0.717) is 0 Å². The number of para-hydroxylation sites is 2. The number of thioether (sulfide) groups is 1. The minimum atomic E-state index is -0.475. The molecule has 1 aliphatic heterocycles. The van der Waals surface area contributed by atoms with Gasteiger partial charge in [0.25, 0.3) is 0 Å². The number of hydrazone groups is 1. The van der Waals surface area contributed by atoms with Crippen molar-refractivity contribution in [2.45, 2.75) is 16.6 Å². The molecule has 0 aliphatic carbocycles. The first-order chi connectivity index (χ1) is 13.2. The summed E-state index contributed by atoms with van der Waals surface area (Å²) in [7, 11) is 0. The molecule has 2 heterocycles. The average molecular weight is 376 g/mol. The predicted molar refractivity (Wildman–Crippen MR) is 107 cm³/mol. The van der Waals surface area contributed by atoms with Crippen molar-refractivity contribution in [3.05, 3.63) is 66.4 Å². The van der Waals surface area contributed by atoms with E-state index in [1.807, 2.05) is 54.6 Å². The number of aromatic nitrogens is 1. The van der Waals surface area contributed by atoms with Crippen LogP contribution in [-0.2, 0) is 9.59 Å². The van der Waals surface area contributed by atoms with Gasteiger partial charge in [0.1, 0.15) is 0 Å². The van der Waals surface area contributed by atoms with E-state index in [1.54, 1.807) is 12.4 Å². The van der Waals surface area contributed by atoms with Crippen LogP contribution in [0.3, 0.4) is 0 Å². The van der Waals surface area contributed by atoms with Gasteiger partial charge in [-0.3, -0.25) is 14.6 Å². The lowest BCUT2D eigenvalue weighted by molar-refractivity contribution is -0.124. The molecule has 134 valence electrons. The lowest BCUT2D eigenvalue weighted by atomic mass is 10.1. The molecule has 0 spiro atoms. The summed E-state index contributed by atoms with van der Waals surface area (Å²) in [5, 5.41) is 7.35. The van der Waals surface area contributed by atoms with Gasteiger partial charge in [-0.15, -0.1) is 11.8 Å². The van der Waals surface area contributed by atoms with Crippen LogP contribution in [0.2, 0.25) is 0 Å². The molecule has 0 fully saturated rings. The van der Waals surface area contributed by atoms with E-state index in [4.69, 9.17) is 0 Å². The van der Waals surface area contributed by atoms with Crippen molar-refractivity contribution >= 4 is 46.4 Å². The molecular formula is C20H16N4O2S. The molecule has 1 atom stereocenters. The maximum absolute atomic E-state index is 12.2. The fraction of sp³-hybridized carbons (Fsp3) is 0.100. The SMILES string of the molecule is O=C(CC1Sc2ccccc2NC1=O)N/N=C/c1ccnc2ccccc12. The van der Waals surface area contributed by atoms with Gasteiger partial charge in [0, 0.05) is 28.5 Å². The Hall–Kier alpha value is -3.19. The number of nitrogens with zero attached hydrogens (tertiary/aromatic N) is 2. The Balaban J connectivity index is 1.40. The topological polar surface area (TPSA) is 83.5 Å². The van der Waals surface area contributed by atoms with Gasteiger partial charge in [-0.2, -0.15) is 5.10 Å². The van der Waals surface area contributed by atoms with Crippen LogP contribution in [0, 0.1) is 0 Å². The van der Waals surface area contributed by atoms with Crippen molar-refractivity contribution in [1.29, 1.82) is 0 Å². The summed E-state index contributed by atoms with van der Waals surface area (Å²) >= 11 is 1.39. The Kier molecular flexibility index (Phi) is 4.84. The van der Waals surface area contributed by atoms with E-state index >= 15 is 0 Å². The van der Waals surface area contributed by atoms with Crippen LogP contribution in [0.15, 0.2) is 70.8 Å². The Labute approximate surface area is 160 Å². The number of carbonyl (C=O) groups is 2. The van der Waals surface area contributed by atoms with E-state index in [1.165, 1.54) is 11.8 Å². The number of benzene rings is 2. The van der Waals surface area contributed by atoms with Gasteiger partial charge in [0.05, 0.1) is 22.7 Å². The van der Waals surface area contributed by atoms with Crippen LogP contribution in [0.5, 0.6) is 0 Å². The molecule has 0 saturated carbocycles. The summed E-state index contributed by atoms with van der Waals surface area (Å²) in [5.41, 5.74) is 5.01. The maximum Gasteiger partial charge on any atom is 0.241 e. The molecule has 3 aromatic rings. The van der Waals surface area contributed by atoms with E-state index in [2.05, 4.69) is 20.8 Å². The molecule has 27 heavy (non-hydrogen) atoms. The van der Waals surface area contributed by atoms with Crippen molar-refractivity contribution in [3.63, 3.8) is 0 Å². The highest BCUT2D eigenvalue weighted by Crippen LogP contribution is 2.36. The molecule has 1 unspecified atom stereocenters. The molecule has 4 rings (SSSR count). The zero-order valence-electron chi connectivity index (χ0n) is 14.3. The van der Waals surface area contributed by atoms with Crippen LogP contribution in [0.1, 0.15) is 12.0 Å². The van der Waals surface area contributed by atoms with E-state index in [0.717, 1.165) is 27.0 Å². The number of amides is 2. The Morgan fingerprint density at radius 1 is 1.19 bits per heavy atom. The largest absolute Gasteiger partial charge is 0.324 e. The minimum Gasteiger partial charge on any atom is -0.324 e. The minimum absolute atomic E-state index is 0.0548. The third-order valence-corrected chi connectivity index (χ3v) is 5.43. The molecule has 6 nitrogen and oxygen atoms in total. The zero-order chi connectivity index (χ0) is 18.6. The third-order valence-electron chi connectivity index (χ3n) is 4.15. The molecule has 2 N–H and O–H groups in total. The lowest BCUT2D eigenvalue weighted by Gasteiger charge is -2.23. The summed E-state index contributed by atoms with van der Waals surface area (Å²) in [5.74, 6) is -0.477. The first-order valence-corrected chi connectivity index (χ1v) is 9.31. The molecule has 1 aromatic heterocycles. The second kappa shape index (κ2) is 7.59. The molecule has 0 saturated heterocycles. The van der Waals surface area contributed by atoms with Gasteiger partial charge >= 0.3 is 0 Å². The van der Waals surface area contributed by atoms with Gasteiger partial charge in [-0.25, -0.2) is 5.43 Å². The highest BCUT2D eigenvalue weighted by atomic mass is 32.2. The first-order valence-electron chi connectivity index (χ1n) is 8.43. The Morgan fingerprint density at radius 2 is 2.00 bits per heavy atom. The van der Waals surface area contributed by atoms with Gasteiger partial charge in [-0.1, -0.05) is 30.3 Å². The average Bonchev–Trinajstić information content (AvgIpc) is 2.69. The van der Waals surface area contributed by atoms with Crippen molar-refractivity contribution < 1.29 is 9.59 Å². The van der Waals surface area contributed by atoms with Crippen molar-refractivity contribution in [3.8, 4) is 0 Å². The summed E-state index contributed by atoms with van der Waals surface area (Å²) in [6.45, 7) is 0. The number of rotatable bonds is 4. The van der Waals surface area contributed by atoms with E-state index in [9.17, 15) is 9.59 Å². The van der Waals surface area contributed by atoms with Gasteiger partial charge in [0.2, 0.25) is 11.8 Å². The quantitative estimate of drug-likeness (QED) is 0.541. The van der Waals surface area contributed by atoms with Crippen LogP contribution in [0.4, 0.5) is 5.69 Å². The number of anilines is 1. The van der Waals surface area contributed by atoms with Crippen LogP contribution in [0.25, 0.3) is 10.9 Å². The third kappa shape index (κ3) is 3.83. The van der Waals surface area contributed by atoms with E-state index < -0.39 is 5.25 Å². The van der Waals surface area contributed by atoms with Crippen molar-refractivity contribution in [2.24, 2.45) is 5.10 Å². The molecule has 2 amide bonds. The molecule has 0 bridgehead atoms. The summed E-state index contributed by atoms with van der Waals surface area (Å²) in [6.07, 6.45) is 3.34. The van der Waals surface area contributed by atoms with Gasteiger partial charge in [0.15, 0.2) is 0 Å². The highest BCUT2D eigenvalue weighted by molar-refractivity contribution is 8.01. The normalized spacial score (nSPS) is 16.1. The standard InChI is InChI=1S/C20H16N4O2S/c25-19(11-18-20(26)23-16-7-3-4-8-17(16)27-18)24-22-12-13-9-10-21-15-6-2-1-5-14(13)15/h1-10,12,18H,11H2,(H,23,26)(H,24,25)/b22-12+. The Bertz CT molecular complexity index is 1050. The van der Waals surface area contributed by atoms with E-state index in [-0.39, 0.29) is 18.2 Å². The van der Waals surface area contributed by atoms with Crippen LogP contribution < -0.4 is 10.7 Å². The highest BCUT2D eigenvalue weighted by Gasteiger charge is 2.28. The number of pyridine rings is 1. The number of hydrogen-bond acceptors (Lipinski definition) is 5. The maximum atomic E-state index is 12.2. The van der Waals surface area contributed by atoms with Gasteiger partial charge < -0.3 is 5.32 Å². The molecule has 2 aromatic carbocycles. The monoisotopic (exact) mass is 376 g/mol. The molecule has 0 radical (unpaired) electrons. The van der Waals surface area contributed by atoms with Crippen LogP contribution >= 0.6 is 11.8 Å². The summed E-state index contributed by atoms with van der Waals surface area (Å²) < 4.78 is 0. The number of nitrogens with one attached hydrogen (secondary N) is 2. The summed E-state index contributed by atoms with van der Waals surface area (Å²) in [6, 6.07) is 17.1. The fourth-order valence-electron chi connectivity index (χ4n) is 2.85. The Morgan fingerprint density at radius 3 is 2.93 bits per heavy atom. The second-order valence-electron chi connectivity index (χ2n) is 6.01. The van der Waals surface area contributed by atoms with Crippen molar-refractivity contribution in [2.75, 3.05) is 5.32 Å². The fourth-order valence-corrected chi connectivity index (χ4v) is 3.96. The number of hydrogen-bond donors (Lipinski definition) is 2. The smallest absolute Gasteiger partial charge is 0.241 e. The molecular weight excluding hydrogens is 360 g/mol. The van der Waals surface area contributed by atoms with Gasteiger partial charge in [-0.05, 0) is 24.3 Å².